The Kier molecular flexibility index (Phi) is 5.36. The highest BCUT2D eigenvalue weighted by molar-refractivity contribution is 5.78. The molecule has 1 unspecified atom stereocenters. The van der Waals surface area contributed by atoms with Crippen molar-refractivity contribution in [2.45, 2.75) is 25.4 Å². The number of nitrogens with zero attached hydrogens (tertiary/aromatic N) is 3. The minimum atomic E-state index is 0.121. The summed E-state index contributed by atoms with van der Waals surface area (Å²) in [5, 5.41) is 0. The number of carbonyl (C=O) groups is 1. The van der Waals surface area contributed by atoms with E-state index in [4.69, 9.17) is 9.47 Å². The summed E-state index contributed by atoms with van der Waals surface area (Å²) in [4.78, 5) is 20.2. The van der Waals surface area contributed by atoms with Gasteiger partial charge in [0.15, 0.2) is 0 Å². The molecular weight excluding hydrogens is 306 g/mol. The molecule has 2 aliphatic rings. The van der Waals surface area contributed by atoms with E-state index in [2.05, 4.69) is 4.98 Å². The lowest BCUT2D eigenvalue weighted by Crippen LogP contribution is -2.46. The summed E-state index contributed by atoms with van der Waals surface area (Å²) in [5.74, 6) is 0.870. The first kappa shape index (κ1) is 17.2. The zero-order valence-corrected chi connectivity index (χ0v) is 14.6. The lowest BCUT2D eigenvalue weighted by Gasteiger charge is -2.38. The smallest absolute Gasteiger partial charge is 0.236 e. The number of aromatic nitrogens is 1. The molecule has 1 aromatic rings. The minimum absolute atomic E-state index is 0.121. The van der Waals surface area contributed by atoms with E-state index in [0.29, 0.717) is 19.0 Å². The Hall–Kier alpha value is -1.66. The average molecular weight is 333 g/mol. The molecule has 2 aliphatic heterocycles. The van der Waals surface area contributed by atoms with Gasteiger partial charge in [-0.15, -0.1) is 0 Å². The second kappa shape index (κ2) is 7.49. The van der Waals surface area contributed by atoms with Crippen LogP contribution in [0.25, 0.3) is 0 Å². The zero-order valence-electron chi connectivity index (χ0n) is 14.6. The molecule has 0 N–H and O–H groups in total. The van der Waals surface area contributed by atoms with Crippen LogP contribution in [0.5, 0.6) is 5.88 Å². The number of hydrogen-bond donors (Lipinski definition) is 0. The highest BCUT2D eigenvalue weighted by Crippen LogP contribution is 2.42. The number of piperidine rings is 1. The van der Waals surface area contributed by atoms with E-state index < -0.39 is 0 Å². The van der Waals surface area contributed by atoms with E-state index in [9.17, 15) is 4.79 Å². The highest BCUT2D eigenvalue weighted by atomic mass is 16.5. The van der Waals surface area contributed by atoms with Crippen LogP contribution >= 0.6 is 0 Å². The van der Waals surface area contributed by atoms with E-state index in [1.165, 1.54) is 0 Å². The lowest BCUT2D eigenvalue weighted by molar-refractivity contribution is -0.134. The second-order valence-corrected chi connectivity index (χ2v) is 7.23. The van der Waals surface area contributed by atoms with E-state index in [-0.39, 0.29) is 17.4 Å². The zero-order chi connectivity index (χ0) is 17.0. The maximum Gasteiger partial charge on any atom is 0.236 e. The largest absolute Gasteiger partial charge is 0.475 e. The highest BCUT2D eigenvalue weighted by Gasteiger charge is 2.43. The summed E-state index contributed by atoms with van der Waals surface area (Å²) in [6, 6.07) is 5.65. The second-order valence-electron chi connectivity index (χ2n) is 7.23. The van der Waals surface area contributed by atoms with Crippen LogP contribution in [0.2, 0.25) is 0 Å². The molecule has 2 saturated heterocycles. The number of likely N-dealkylation sites (tertiary alicyclic amines) is 1. The van der Waals surface area contributed by atoms with Gasteiger partial charge in [0, 0.05) is 25.4 Å². The normalized spacial score (nSPS) is 23.0. The Morgan fingerprint density at radius 1 is 1.42 bits per heavy atom. The number of ether oxygens (including phenoxy) is 2. The molecule has 132 valence electrons. The summed E-state index contributed by atoms with van der Waals surface area (Å²) < 4.78 is 11.7. The van der Waals surface area contributed by atoms with Crippen molar-refractivity contribution < 1.29 is 14.3 Å². The van der Waals surface area contributed by atoms with Crippen LogP contribution in [-0.2, 0) is 9.53 Å². The third-order valence-corrected chi connectivity index (χ3v) is 4.97. The molecule has 6 nitrogen and oxygen atoms in total. The predicted octanol–water partition coefficient (Wildman–Crippen LogP) is 1.42. The van der Waals surface area contributed by atoms with Crippen molar-refractivity contribution in [2.24, 2.45) is 5.41 Å². The summed E-state index contributed by atoms with van der Waals surface area (Å²) in [7, 11) is 3.86. The Labute approximate surface area is 143 Å². The fraction of sp³-hybridized carbons (Fsp3) is 0.667. The van der Waals surface area contributed by atoms with E-state index >= 15 is 0 Å². The van der Waals surface area contributed by atoms with Crippen LogP contribution in [0.4, 0.5) is 0 Å². The molecule has 0 bridgehead atoms. The molecule has 1 amide bonds. The van der Waals surface area contributed by atoms with Gasteiger partial charge < -0.3 is 19.3 Å². The van der Waals surface area contributed by atoms with E-state index in [1.54, 1.807) is 6.20 Å². The summed E-state index contributed by atoms with van der Waals surface area (Å²) in [6.45, 7) is 3.48. The minimum Gasteiger partial charge on any atom is -0.475 e. The lowest BCUT2D eigenvalue weighted by atomic mass is 9.76. The van der Waals surface area contributed by atoms with Gasteiger partial charge in [0.05, 0.1) is 19.3 Å². The fourth-order valence-corrected chi connectivity index (χ4v) is 3.56. The topological polar surface area (TPSA) is 54.9 Å². The van der Waals surface area contributed by atoms with Gasteiger partial charge in [-0.05, 0) is 44.8 Å². The molecule has 1 spiro atoms. The van der Waals surface area contributed by atoms with Crippen molar-refractivity contribution in [1.29, 1.82) is 0 Å². The Morgan fingerprint density at radius 3 is 2.88 bits per heavy atom. The molecule has 1 atom stereocenters. The van der Waals surface area contributed by atoms with Gasteiger partial charge in [-0.3, -0.25) is 4.79 Å². The van der Waals surface area contributed by atoms with Gasteiger partial charge in [-0.2, -0.15) is 0 Å². The van der Waals surface area contributed by atoms with E-state index in [0.717, 1.165) is 39.0 Å². The van der Waals surface area contributed by atoms with Gasteiger partial charge in [0.1, 0.15) is 6.61 Å². The van der Waals surface area contributed by atoms with Crippen LogP contribution in [-0.4, -0.2) is 73.7 Å². The molecular formula is C18H27N3O3. The maximum atomic E-state index is 12.2. The number of carbonyl (C=O) groups excluding carboxylic acids is 1. The molecule has 3 rings (SSSR count). The van der Waals surface area contributed by atoms with E-state index in [1.807, 2.05) is 42.1 Å². The Bertz CT molecular complexity index is 542. The Morgan fingerprint density at radius 2 is 2.21 bits per heavy atom. The molecule has 0 radical (unpaired) electrons. The number of amides is 1. The van der Waals surface area contributed by atoms with Crippen LogP contribution in [0.1, 0.15) is 19.3 Å². The molecule has 24 heavy (non-hydrogen) atoms. The maximum absolute atomic E-state index is 12.2. The first-order valence-corrected chi connectivity index (χ1v) is 8.64. The van der Waals surface area contributed by atoms with Crippen molar-refractivity contribution in [3.8, 4) is 5.88 Å². The van der Waals surface area contributed by atoms with Crippen LogP contribution in [0.3, 0.4) is 0 Å². The van der Waals surface area contributed by atoms with Crippen molar-refractivity contribution in [3.05, 3.63) is 24.4 Å². The Balaban J connectivity index is 1.45. The number of pyridine rings is 1. The third kappa shape index (κ3) is 4.24. The first-order valence-electron chi connectivity index (χ1n) is 8.64. The predicted molar refractivity (Wildman–Crippen MR) is 90.9 cm³/mol. The SMILES string of the molecule is CN(C)CC(=O)N1CCC2(CC1)COC(COc1ccccn1)C2. The van der Waals surface area contributed by atoms with Gasteiger partial charge in [0.25, 0.3) is 0 Å². The standard InChI is InChI=1S/C18H27N3O3/c1-20(2)12-17(22)21-9-6-18(7-10-21)11-15(24-14-18)13-23-16-5-3-4-8-19-16/h3-5,8,15H,6-7,9-14H2,1-2H3. The third-order valence-electron chi connectivity index (χ3n) is 4.97. The van der Waals surface area contributed by atoms with Crippen molar-refractivity contribution in [1.82, 2.24) is 14.8 Å². The molecule has 2 fully saturated rings. The molecule has 3 heterocycles. The average Bonchev–Trinajstić information content (AvgIpc) is 2.97. The fourth-order valence-electron chi connectivity index (χ4n) is 3.56. The van der Waals surface area contributed by atoms with Crippen LogP contribution < -0.4 is 4.74 Å². The summed E-state index contributed by atoms with van der Waals surface area (Å²) in [6.07, 6.45) is 4.90. The van der Waals surface area contributed by atoms with Crippen molar-refractivity contribution in [2.75, 3.05) is 46.9 Å². The van der Waals surface area contributed by atoms with Crippen molar-refractivity contribution in [3.63, 3.8) is 0 Å². The van der Waals surface area contributed by atoms with Crippen LogP contribution in [0, 0.1) is 5.41 Å². The van der Waals surface area contributed by atoms with Gasteiger partial charge >= 0.3 is 0 Å². The molecule has 0 aromatic carbocycles. The number of rotatable bonds is 5. The number of hydrogen-bond acceptors (Lipinski definition) is 5. The monoisotopic (exact) mass is 333 g/mol. The quantitative estimate of drug-likeness (QED) is 0.816. The van der Waals surface area contributed by atoms with Crippen LogP contribution in [0.15, 0.2) is 24.4 Å². The molecule has 0 aliphatic carbocycles. The van der Waals surface area contributed by atoms with Gasteiger partial charge in [-0.1, -0.05) is 6.07 Å². The molecule has 0 saturated carbocycles. The first-order chi connectivity index (χ1) is 11.6. The van der Waals surface area contributed by atoms with Crippen molar-refractivity contribution >= 4 is 5.91 Å². The summed E-state index contributed by atoms with van der Waals surface area (Å²) in [5.41, 5.74) is 0.215. The van der Waals surface area contributed by atoms with Gasteiger partial charge in [-0.25, -0.2) is 4.98 Å². The molecule has 1 aromatic heterocycles. The molecule has 6 heteroatoms. The summed E-state index contributed by atoms with van der Waals surface area (Å²) >= 11 is 0. The van der Waals surface area contributed by atoms with Gasteiger partial charge in [0.2, 0.25) is 11.8 Å². The number of likely N-dealkylation sites (N-methyl/N-ethyl adjacent to an activating group) is 1.